The van der Waals surface area contributed by atoms with Crippen LogP contribution in [0.3, 0.4) is 0 Å². The lowest BCUT2D eigenvalue weighted by Crippen LogP contribution is -2.31. The maximum atomic E-state index is 9.65. The van der Waals surface area contributed by atoms with Gasteiger partial charge in [-0.05, 0) is 45.0 Å². The van der Waals surface area contributed by atoms with Crippen LogP contribution in [0, 0.1) is 6.92 Å². The molecule has 4 rings (SSSR count). The van der Waals surface area contributed by atoms with E-state index < -0.39 is 5.54 Å². The summed E-state index contributed by atoms with van der Waals surface area (Å²) in [6.45, 7) is 5.85. The van der Waals surface area contributed by atoms with Crippen molar-refractivity contribution in [3.8, 4) is 22.6 Å². The van der Waals surface area contributed by atoms with Crippen molar-refractivity contribution in [1.82, 2.24) is 24.7 Å². The van der Waals surface area contributed by atoms with Gasteiger partial charge < -0.3 is 15.8 Å². The molecular weight excluding hydrogens is 340 g/mol. The highest BCUT2D eigenvalue weighted by Gasteiger charge is 2.22. The number of nitrogens with one attached hydrogen (secondary N) is 1. The number of rotatable bonds is 4. The molecular formula is C20H22N6O. The molecule has 0 saturated carbocycles. The number of nitrogens with two attached hydrogens (primary N) is 1. The second-order valence-corrected chi connectivity index (χ2v) is 7.31. The van der Waals surface area contributed by atoms with E-state index in [1.54, 1.807) is 6.20 Å². The first-order valence-corrected chi connectivity index (χ1v) is 8.78. The summed E-state index contributed by atoms with van der Waals surface area (Å²) >= 11 is 0. The summed E-state index contributed by atoms with van der Waals surface area (Å²) in [5.41, 5.74) is 10.6. The van der Waals surface area contributed by atoms with E-state index in [2.05, 4.69) is 20.1 Å². The number of pyridine rings is 1. The number of hydrogen-bond acceptors (Lipinski definition) is 5. The molecule has 0 radical (unpaired) electrons. The molecule has 0 atom stereocenters. The van der Waals surface area contributed by atoms with Crippen LogP contribution in [-0.2, 0) is 5.54 Å². The molecule has 138 valence electrons. The van der Waals surface area contributed by atoms with Gasteiger partial charge in [0.1, 0.15) is 0 Å². The second-order valence-electron chi connectivity index (χ2n) is 7.31. The number of imidazole rings is 1. The molecule has 0 aliphatic heterocycles. The van der Waals surface area contributed by atoms with Crippen molar-refractivity contribution in [2.75, 3.05) is 12.3 Å². The average molecular weight is 362 g/mol. The van der Waals surface area contributed by atoms with Gasteiger partial charge in [0, 0.05) is 16.6 Å². The number of aromatic nitrogens is 5. The van der Waals surface area contributed by atoms with Crippen molar-refractivity contribution in [2.45, 2.75) is 26.3 Å². The minimum Gasteiger partial charge on any atom is -0.394 e. The number of hydrogen-bond donors (Lipinski definition) is 3. The molecule has 3 aromatic heterocycles. The topological polar surface area (TPSA) is 106 Å². The van der Waals surface area contributed by atoms with Gasteiger partial charge in [0.25, 0.3) is 0 Å². The number of fused-ring (bicyclic) bond motifs is 1. The number of aliphatic hydroxyl groups is 1. The number of aryl methyl sites for hydroxylation is 1. The molecule has 7 heteroatoms. The first kappa shape index (κ1) is 17.2. The third kappa shape index (κ3) is 2.96. The molecule has 0 saturated heterocycles. The van der Waals surface area contributed by atoms with Gasteiger partial charge in [-0.3, -0.25) is 9.67 Å². The van der Waals surface area contributed by atoms with Crippen molar-refractivity contribution in [1.29, 1.82) is 0 Å². The van der Waals surface area contributed by atoms with Crippen LogP contribution < -0.4 is 5.73 Å². The third-order valence-corrected chi connectivity index (χ3v) is 4.67. The highest BCUT2D eigenvalue weighted by Crippen LogP contribution is 2.32. The molecule has 3 heterocycles. The number of aromatic amines is 1. The zero-order valence-electron chi connectivity index (χ0n) is 15.6. The molecule has 0 aliphatic rings. The zero-order valence-corrected chi connectivity index (χ0v) is 15.6. The van der Waals surface area contributed by atoms with E-state index in [0.29, 0.717) is 5.95 Å². The van der Waals surface area contributed by atoms with Crippen LogP contribution in [0.15, 0.2) is 42.6 Å². The Hall–Kier alpha value is -3.19. The number of nitrogen functional groups attached to an aromatic ring is 1. The predicted molar refractivity (Wildman–Crippen MR) is 106 cm³/mol. The number of anilines is 1. The summed E-state index contributed by atoms with van der Waals surface area (Å²) in [6.07, 6.45) is 1.80. The van der Waals surface area contributed by atoms with E-state index in [4.69, 9.17) is 5.73 Å². The third-order valence-electron chi connectivity index (χ3n) is 4.67. The smallest absolute Gasteiger partial charge is 0.198 e. The van der Waals surface area contributed by atoms with Crippen LogP contribution in [0.1, 0.15) is 19.5 Å². The molecule has 0 fully saturated rings. The van der Waals surface area contributed by atoms with Crippen LogP contribution in [-0.4, -0.2) is 36.4 Å². The van der Waals surface area contributed by atoms with Gasteiger partial charge in [-0.25, -0.2) is 4.98 Å². The molecule has 4 N–H and O–H groups in total. The largest absolute Gasteiger partial charge is 0.394 e. The lowest BCUT2D eigenvalue weighted by atomic mass is 10.0. The molecule has 0 amide bonds. The quantitative estimate of drug-likeness (QED) is 0.517. The van der Waals surface area contributed by atoms with Crippen molar-refractivity contribution in [3.63, 3.8) is 0 Å². The molecule has 27 heavy (non-hydrogen) atoms. The minimum absolute atomic E-state index is 0.00457. The molecule has 4 aromatic rings. The Kier molecular flexibility index (Phi) is 3.96. The Morgan fingerprint density at radius 3 is 2.74 bits per heavy atom. The van der Waals surface area contributed by atoms with Gasteiger partial charge >= 0.3 is 0 Å². The summed E-state index contributed by atoms with van der Waals surface area (Å²) in [5, 5.41) is 15.1. The summed E-state index contributed by atoms with van der Waals surface area (Å²) in [6, 6.07) is 11.9. The van der Waals surface area contributed by atoms with Crippen LogP contribution in [0.4, 0.5) is 5.95 Å². The Bertz CT molecular complexity index is 1120. The highest BCUT2D eigenvalue weighted by atomic mass is 16.3. The number of benzene rings is 1. The van der Waals surface area contributed by atoms with Crippen molar-refractivity contribution < 1.29 is 5.11 Å². The Morgan fingerprint density at radius 1 is 1.19 bits per heavy atom. The SMILES string of the molecule is Cc1cccc(-c2[nH]c(N)nc2-c2ccc3c(cnn3C(C)(C)CO)c2)n1. The maximum Gasteiger partial charge on any atom is 0.198 e. The first-order valence-electron chi connectivity index (χ1n) is 8.78. The molecule has 0 aliphatic carbocycles. The number of H-pyrrole nitrogens is 1. The highest BCUT2D eigenvalue weighted by molar-refractivity contribution is 5.87. The molecule has 0 unspecified atom stereocenters. The van der Waals surface area contributed by atoms with E-state index in [0.717, 1.165) is 39.2 Å². The molecule has 1 aromatic carbocycles. The molecule has 0 spiro atoms. The monoisotopic (exact) mass is 362 g/mol. The van der Waals surface area contributed by atoms with Crippen LogP contribution in [0.2, 0.25) is 0 Å². The van der Waals surface area contributed by atoms with E-state index in [9.17, 15) is 5.11 Å². The average Bonchev–Trinajstić information content (AvgIpc) is 3.25. The standard InChI is InChI=1S/C20H22N6O/c1-12-5-4-6-15(23-12)18-17(24-19(21)25-18)13-7-8-16-14(9-13)10-22-26(16)20(2,3)11-27/h4-10,27H,11H2,1-3H3,(H3,21,24,25). The second kappa shape index (κ2) is 6.21. The fourth-order valence-corrected chi connectivity index (χ4v) is 3.20. The molecule has 0 bridgehead atoms. The number of aliphatic hydroxyl groups excluding tert-OH is 1. The summed E-state index contributed by atoms with van der Waals surface area (Å²) in [7, 11) is 0. The van der Waals surface area contributed by atoms with E-state index in [1.165, 1.54) is 0 Å². The Morgan fingerprint density at radius 2 is 2.00 bits per heavy atom. The summed E-state index contributed by atoms with van der Waals surface area (Å²) < 4.78 is 1.84. The lowest BCUT2D eigenvalue weighted by Gasteiger charge is -2.23. The minimum atomic E-state index is -0.476. The fourth-order valence-electron chi connectivity index (χ4n) is 3.20. The Labute approximate surface area is 156 Å². The normalized spacial score (nSPS) is 12.0. The van der Waals surface area contributed by atoms with Gasteiger partial charge in [0.05, 0.1) is 40.9 Å². The van der Waals surface area contributed by atoms with E-state index >= 15 is 0 Å². The van der Waals surface area contributed by atoms with Gasteiger partial charge in [-0.15, -0.1) is 0 Å². The Balaban J connectivity index is 1.84. The number of nitrogens with zero attached hydrogens (tertiary/aromatic N) is 4. The van der Waals surface area contributed by atoms with Gasteiger partial charge in [0.2, 0.25) is 0 Å². The molecule has 7 nitrogen and oxygen atoms in total. The van der Waals surface area contributed by atoms with Gasteiger partial charge in [-0.1, -0.05) is 12.1 Å². The maximum absolute atomic E-state index is 9.65. The van der Waals surface area contributed by atoms with Crippen molar-refractivity contribution in [3.05, 3.63) is 48.3 Å². The lowest BCUT2D eigenvalue weighted by molar-refractivity contribution is 0.156. The van der Waals surface area contributed by atoms with Crippen molar-refractivity contribution >= 4 is 16.9 Å². The van der Waals surface area contributed by atoms with Crippen molar-refractivity contribution in [2.24, 2.45) is 0 Å². The zero-order chi connectivity index (χ0) is 19.2. The fraction of sp³-hybridized carbons (Fsp3) is 0.250. The first-order chi connectivity index (χ1) is 12.9. The summed E-state index contributed by atoms with van der Waals surface area (Å²) in [4.78, 5) is 12.2. The van der Waals surface area contributed by atoms with Gasteiger partial charge in [-0.2, -0.15) is 5.10 Å². The van der Waals surface area contributed by atoms with Crippen LogP contribution in [0.25, 0.3) is 33.5 Å². The van der Waals surface area contributed by atoms with E-state index in [1.807, 2.05) is 61.9 Å². The van der Waals surface area contributed by atoms with Crippen LogP contribution >= 0.6 is 0 Å². The van der Waals surface area contributed by atoms with E-state index in [-0.39, 0.29) is 6.61 Å². The predicted octanol–water partition coefficient (Wildman–Crippen LogP) is 3.11. The van der Waals surface area contributed by atoms with Crippen LogP contribution in [0.5, 0.6) is 0 Å². The summed E-state index contributed by atoms with van der Waals surface area (Å²) in [5.74, 6) is 0.348. The van der Waals surface area contributed by atoms with Gasteiger partial charge in [0.15, 0.2) is 5.95 Å².